The summed E-state index contributed by atoms with van der Waals surface area (Å²) in [4.78, 5) is 13.3. The minimum Gasteiger partial charge on any atom is -1.00 e. The Bertz CT molecular complexity index is 723. The van der Waals surface area contributed by atoms with Gasteiger partial charge in [-0.05, 0) is 62.6 Å². The van der Waals surface area contributed by atoms with Gasteiger partial charge < -0.3 is 21.8 Å². The number of anilines is 1. The minimum atomic E-state index is -0.311. The number of nitriles is 2. The summed E-state index contributed by atoms with van der Waals surface area (Å²) < 4.78 is 12.1. The van der Waals surface area contributed by atoms with E-state index in [1.807, 2.05) is 63.4 Å². The Hall–Kier alpha value is -0.187. The molecule has 0 fully saturated rings. The molecule has 0 saturated carbocycles. The van der Waals surface area contributed by atoms with Crippen LogP contribution in [0.25, 0.3) is 0 Å². The smallest absolute Gasteiger partial charge is 1.00 e. The van der Waals surface area contributed by atoms with Crippen molar-refractivity contribution in [2.45, 2.75) is 0 Å². The molecule has 7 nitrogen and oxygen atoms in total. The second kappa shape index (κ2) is 25.8. The van der Waals surface area contributed by atoms with E-state index in [1.165, 1.54) is 24.3 Å². The van der Waals surface area contributed by atoms with Crippen molar-refractivity contribution in [1.29, 1.82) is 10.5 Å². The molecule has 0 aromatic heterocycles. The molecule has 0 unspecified atom stereocenters. The van der Waals surface area contributed by atoms with Crippen LogP contribution < -0.4 is 118 Å². The molecule has 29 heavy (non-hydrogen) atoms. The molecule has 0 aliphatic heterocycles. The van der Waals surface area contributed by atoms with Crippen molar-refractivity contribution in [3.05, 3.63) is 65.5 Å². The van der Waals surface area contributed by atoms with Gasteiger partial charge >= 0.3 is 103 Å². The summed E-state index contributed by atoms with van der Waals surface area (Å²) in [6.45, 7) is -0.181. The van der Waals surface area contributed by atoms with Crippen LogP contribution in [0.15, 0.2) is 48.5 Å². The Balaban J connectivity index is -0.0000000997. The average molecular weight is 453 g/mol. The number of rotatable bonds is 2. The van der Waals surface area contributed by atoms with Crippen molar-refractivity contribution < 1.29 is 124 Å². The van der Waals surface area contributed by atoms with Gasteiger partial charge in [-0.25, -0.2) is 4.39 Å². The van der Waals surface area contributed by atoms with E-state index < -0.39 is 0 Å². The van der Waals surface area contributed by atoms with Gasteiger partial charge in [0, 0.05) is 19.8 Å². The third kappa shape index (κ3) is 22.3. The van der Waals surface area contributed by atoms with Gasteiger partial charge in [0.2, 0.25) is 0 Å². The largest absolute Gasteiger partial charge is 1.00 e. The minimum absolute atomic E-state index is 0. The Morgan fingerprint density at radius 2 is 1.31 bits per heavy atom. The predicted molar refractivity (Wildman–Crippen MR) is 99.8 cm³/mol. The van der Waals surface area contributed by atoms with Gasteiger partial charge in [0.05, 0.1) is 23.3 Å². The van der Waals surface area contributed by atoms with Crippen LogP contribution in [0.4, 0.5) is 10.1 Å². The first-order valence-electron chi connectivity index (χ1n) is 7.54. The molecule has 0 heterocycles. The van der Waals surface area contributed by atoms with Gasteiger partial charge in [0.1, 0.15) is 5.82 Å². The zero-order valence-electron chi connectivity index (χ0n) is 18.6. The Morgan fingerprint density at radius 1 is 1.00 bits per heavy atom. The Morgan fingerprint density at radius 3 is 1.55 bits per heavy atom. The van der Waals surface area contributed by atoms with Crippen LogP contribution in [0.3, 0.4) is 0 Å². The summed E-state index contributed by atoms with van der Waals surface area (Å²) >= 11 is 0. The molecule has 0 bridgehead atoms. The van der Waals surface area contributed by atoms with Crippen LogP contribution in [0.2, 0.25) is 0 Å². The maximum absolute atomic E-state index is 12.1. The van der Waals surface area contributed by atoms with E-state index in [0.717, 1.165) is 5.69 Å². The third-order valence-corrected chi connectivity index (χ3v) is 2.53. The average Bonchev–Trinajstić information content (AvgIpc) is 2.70. The maximum Gasteiger partial charge on any atom is 1.00 e. The van der Waals surface area contributed by atoms with Gasteiger partial charge in [-0.1, -0.05) is 0 Å². The summed E-state index contributed by atoms with van der Waals surface area (Å²) in [6, 6.07) is 16.9. The van der Waals surface area contributed by atoms with Crippen molar-refractivity contribution in [2.24, 2.45) is 0 Å². The third-order valence-electron chi connectivity index (χ3n) is 2.53. The van der Waals surface area contributed by atoms with Gasteiger partial charge in [0.15, 0.2) is 0 Å². The normalized spacial score (nSPS) is 7.31. The summed E-state index contributed by atoms with van der Waals surface area (Å²) in [7, 11) is 7.70. The molecule has 0 spiro atoms. The standard InChI is InChI=1S/C9H10N2.C7H4FN.C2H7N.CH2O3.2K.H/c1-11(2)9-5-3-8(7-10)4-6-9;8-7-3-1-6(5-9)2-4-7;1-3-2;2-1-4-3;;;/h3-6H,1-2H3;1-4H;3H,1-2H3;1,3H;;;/q;;;;2*+1;-1/p-1. The number of nitrogens with zero attached hydrogens (tertiary/aromatic N) is 3. The molecule has 0 radical (unpaired) electrons. The molecule has 0 aliphatic rings. The number of carbonyl (C=O) groups excluding carboxylic acids is 1. The fourth-order valence-corrected chi connectivity index (χ4v) is 1.36. The SMILES string of the molecule is CN(C)c1ccc(C#N)cc1.CNC.N#Cc1ccc(F)cc1.O=CO[O-].[H-].[K+].[K+]. The second-order valence-corrected chi connectivity index (χ2v) is 4.86. The number of hydrogen-bond acceptors (Lipinski definition) is 7. The first-order chi connectivity index (χ1) is 12.9. The molecule has 2 aromatic carbocycles. The number of nitrogens with one attached hydrogen (secondary N) is 1. The molecular formula is C19H23FK2N4O3. The summed E-state index contributed by atoms with van der Waals surface area (Å²) in [5.41, 5.74) is 2.30. The molecule has 0 amide bonds. The van der Waals surface area contributed by atoms with Crippen molar-refractivity contribution >= 4 is 12.2 Å². The van der Waals surface area contributed by atoms with Gasteiger partial charge in [-0.15, -0.1) is 0 Å². The van der Waals surface area contributed by atoms with Crippen LogP contribution in [-0.4, -0.2) is 34.7 Å². The molecule has 0 atom stereocenters. The Labute approximate surface area is 258 Å². The van der Waals surface area contributed by atoms with Crippen LogP contribution >= 0.6 is 0 Å². The fourth-order valence-electron chi connectivity index (χ4n) is 1.36. The quantitative estimate of drug-likeness (QED) is 0.212. The molecule has 2 aromatic rings. The summed E-state index contributed by atoms with van der Waals surface area (Å²) in [5, 5.41) is 27.9. The van der Waals surface area contributed by atoms with Crippen LogP contribution in [-0.2, 0) is 9.68 Å². The zero-order valence-corrected chi connectivity index (χ0v) is 23.9. The van der Waals surface area contributed by atoms with Crippen molar-refractivity contribution in [1.82, 2.24) is 5.32 Å². The summed E-state index contributed by atoms with van der Waals surface area (Å²) in [5.74, 6) is -0.311. The van der Waals surface area contributed by atoms with E-state index in [9.17, 15) is 4.39 Å². The number of hydrogen-bond donors (Lipinski definition) is 1. The fraction of sp³-hybridized carbons (Fsp3) is 0.211. The first-order valence-corrected chi connectivity index (χ1v) is 7.54. The van der Waals surface area contributed by atoms with Gasteiger partial charge in [-0.3, -0.25) is 4.79 Å². The molecule has 146 valence electrons. The summed E-state index contributed by atoms with van der Waals surface area (Å²) in [6.07, 6.45) is 0. The van der Waals surface area contributed by atoms with Crippen LogP contribution in [0, 0.1) is 28.5 Å². The number of benzene rings is 2. The van der Waals surface area contributed by atoms with E-state index in [1.54, 1.807) is 0 Å². The van der Waals surface area contributed by atoms with Gasteiger partial charge in [-0.2, -0.15) is 10.5 Å². The molecule has 1 N–H and O–H groups in total. The van der Waals surface area contributed by atoms with Crippen molar-refractivity contribution in [3.63, 3.8) is 0 Å². The molecule has 2 rings (SSSR count). The van der Waals surface area contributed by atoms with Crippen molar-refractivity contribution in [2.75, 3.05) is 33.1 Å². The van der Waals surface area contributed by atoms with E-state index in [4.69, 9.17) is 20.6 Å². The topological polar surface area (TPSA) is 112 Å². The van der Waals surface area contributed by atoms with E-state index in [0.29, 0.717) is 11.1 Å². The molecule has 0 saturated heterocycles. The van der Waals surface area contributed by atoms with Crippen LogP contribution in [0.1, 0.15) is 12.6 Å². The number of carbonyl (C=O) groups is 1. The molecule has 10 heteroatoms. The van der Waals surface area contributed by atoms with E-state index in [-0.39, 0.29) is 116 Å². The predicted octanol–water partition coefficient (Wildman–Crippen LogP) is -4.29. The zero-order chi connectivity index (χ0) is 21.1. The first kappa shape index (κ1) is 36.2. The van der Waals surface area contributed by atoms with Crippen LogP contribution in [0.5, 0.6) is 0 Å². The van der Waals surface area contributed by atoms with Crippen molar-refractivity contribution in [3.8, 4) is 12.1 Å². The number of halogens is 1. The Kier molecular flexibility index (Phi) is 32.3. The monoisotopic (exact) mass is 452 g/mol. The van der Waals surface area contributed by atoms with E-state index in [2.05, 4.69) is 16.3 Å². The maximum atomic E-state index is 12.1. The van der Waals surface area contributed by atoms with E-state index >= 15 is 0 Å². The second-order valence-electron chi connectivity index (χ2n) is 4.86. The molecular weight excluding hydrogens is 429 g/mol. The molecule has 0 aliphatic carbocycles. The van der Waals surface area contributed by atoms with Gasteiger partial charge in [0.25, 0.3) is 6.47 Å².